The largest absolute Gasteiger partial charge is 0.496 e. The first kappa shape index (κ1) is 27.4. The van der Waals surface area contributed by atoms with E-state index in [0.29, 0.717) is 80.5 Å². The van der Waals surface area contributed by atoms with Crippen molar-refractivity contribution in [3.63, 3.8) is 0 Å². The molecule has 1 saturated heterocycles. The molecule has 0 amide bonds. The molecule has 0 aliphatic carbocycles. The number of nitrogens with zero attached hydrogens (tertiary/aromatic N) is 3. The molecule has 3 heterocycles. The molecule has 1 aliphatic heterocycles. The second-order valence-electron chi connectivity index (χ2n) is 9.11. The minimum Gasteiger partial charge on any atom is -0.496 e. The normalized spacial score (nSPS) is 16.0. The third-order valence-corrected chi connectivity index (χ3v) is 8.90. The van der Waals surface area contributed by atoms with E-state index in [-0.39, 0.29) is 0 Å². The molecule has 2 aromatic carbocycles. The molecule has 0 radical (unpaired) electrons. The minimum atomic E-state index is -2.45. The lowest BCUT2D eigenvalue weighted by Gasteiger charge is -2.40. The van der Waals surface area contributed by atoms with Crippen molar-refractivity contribution in [3.05, 3.63) is 64.2 Å². The Hall–Kier alpha value is -3.17. The average molecular weight is 590 g/mol. The molecule has 0 atom stereocenters. The fourth-order valence-corrected chi connectivity index (χ4v) is 6.31. The van der Waals surface area contributed by atoms with Gasteiger partial charge < -0.3 is 19.2 Å². The van der Waals surface area contributed by atoms with Crippen LogP contribution in [0.4, 0.5) is 11.4 Å². The van der Waals surface area contributed by atoms with Crippen LogP contribution in [-0.4, -0.2) is 57.8 Å². The summed E-state index contributed by atoms with van der Waals surface area (Å²) in [7, 11) is 0.635. The van der Waals surface area contributed by atoms with E-state index in [1.807, 2.05) is 18.2 Å². The Bertz CT molecular complexity index is 1580. The number of rotatable bonds is 7. The van der Waals surface area contributed by atoms with Gasteiger partial charge in [0.05, 0.1) is 71.0 Å². The zero-order valence-electron chi connectivity index (χ0n) is 21.2. The number of hydrogen-bond donors (Lipinski definition) is 3. The zero-order chi connectivity index (χ0) is 27.7. The van der Waals surface area contributed by atoms with E-state index in [0.717, 1.165) is 16.9 Å². The number of nitriles is 1. The van der Waals surface area contributed by atoms with Crippen molar-refractivity contribution in [3.8, 4) is 28.7 Å². The third kappa shape index (κ3) is 5.75. The van der Waals surface area contributed by atoms with Crippen molar-refractivity contribution in [2.75, 3.05) is 44.1 Å². The van der Waals surface area contributed by atoms with E-state index < -0.39 is 10.6 Å². The standard InChI is InChI=1S/C27H26Cl2N4O5S/c1-36-25-9-20-23(8-19(25)16-7-18(38-15-16)14-33-3-5-39(34,35)6-4-33)31-13-17(12-30)27(20)32-24-11-26(37-2)22(29)10-21(24)28/h7-11,13,15,34-35H,3-6,14H2,1-2H3,(H,31,32). The molecule has 1 fully saturated rings. The highest BCUT2D eigenvalue weighted by Crippen LogP contribution is 2.42. The van der Waals surface area contributed by atoms with Gasteiger partial charge in [0.15, 0.2) is 0 Å². The van der Waals surface area contributed by atoms with Gasteiger partial charge in [-0.05, 0) is 24.3 Å². The van der Waals surface area contributed by atoms with Crippen LogP contribution in [0, 0.1) is 11.3 Å². The summed E-state index contributed by atoms with van der Waals surface area (Å²) >= 11 is 12.6. The maximum atomic E-state index is 9.87. The first-order chi connectivity index (χ1) is 18.7. The second kappa shape index (κ2) is 11.1. The minimum absolute atomic E-state index is 0.325. The lowest BCUT2D eigenvalue weighted by Crippen LogP contribution is -2.37. The topological polar surface area (TPSA) is 124 Å². The van der Waals surface area contributed by atoms with E-state index in [9.17, 15) is 14.4 Å². The summed E-state index contributed by atoms with van der Waals surface area (Å²) in [5, 5.41) is 14.5. The Morgan fingerprint density at radius 2 is 1.82 bits per heavy atom. The molecule has 0 unspecified atom stereocenters. The molecule has 0 saturated carbocycles. The molecular weight excluding hydrogens is 563 g/mol. The summed E-state index contributed by atoms with van der Waals surface area (Å²) < 4.78 is 36.6. The molecule has 39 heavy (non-hydrogen) atoms. The van der Waals surface area contributed by atoms with Crippen molar-refractivity contribution in [2.24, 2.45) is 0 Å². The smallest absolute Gasteiger partial charge is 0.139 e. The number of nitrogens with one attached hydrogen (secondary N) is 1. The highest BCUT2D eigenvalue weighted by Gasteiger charge is 2.23. The molecule has 0 bridgehead atoms. The number of methoxy groups -OCH3 is 2. The molecule has 1 aliphatic rings. The molecular formula is C27H26Cl2N4O5S. The van der Waals surface area contributed by atoms with Gasteiger partial charge in [-0.25, -0.2) is 0 Å². The summed E-state index contributed by atoms with van der Waals surface area (Å²) in [6, 6.07) is 11.1. The molecule has 2 aromatic heterocycles. The number of hydrogen-bond acceptors (Lipinski definition) is 9. The van der Waals surface area contributed by atoms with E-state index in [4.69, 9.17) is 37.1 Å². The van der Waals surface area contributed by atoms with Crippen LogP contribution in [0.3, 0.4) is 0 Å². The van der Waals surface area contributed by atoms with Gasteiger partial charge >= 0.3 is 0 Å². The molecule has 9 nitrogen and oxygen atoms in total. The molecule has 5 rings (SSSR count). The zero-order valence-corrected chi connectivity index (χ0v) is 23.5. The molecule has 3 N–H and O–H groups in total. The maximum absolute atomic E-state index is 9.87. The van der Waals surface area contributed by atoms with Crippen LogP contribution < -0.4 is 14.8 Å². The van der Waals surface area contributed by atoms with E-state index >= 15 is 0 Å². The Morgan fingerprint density at radius 3 is 2.51 bits per heavy atom. The summed E-state index contributed by atoms with van der Waals surface area (Å²) in [5.74, 6) is 2.52. The fraction of sp³-hybridized carbons (Fsp3) is 0.259. The number of aromatic nitrogens is 1. The molecule has 12 heteroatoms. The highest BCUT2D eigenvalue weighted by molar-refractivity contribution is 8.24. The summed E-state index contributed by atoms with van der Waals surface area (Å²) in [6.07, 6.45) is 3.17. The first-order valence-electron chi connectivity index (χ1n) is 12.0. The van der Waals surface area contributed by atoms with Gasteiger partial charge in [0, 0.05) is 41.9 Å². The van der Waals surface area contributed by atoms with Gasteiger partial charge in [-0.3, -0.25) is 19.0 Å². The Labute approximate surface area is 237 Å². The van der Waals surface area contributed by atoms with Gasteiger partial charge in [0.1, 0.15) is 23.3 Å². The van der Waals surface area contributed by atoms with E-state index in [1.165, 1.54) is 13.3 Å². The van der Waals surface area contributed by atoms with Crippen molar-refractivity contribution in [2.45, 2.75) is 6.54 Å². The van der Waals surface area contributed by atoms with Gasteiger partial charge in [0.2, 0.25) is 0 Å². The van der Waals surface area contributed by atoms with Crippen LogP contribution in [0.15, 0.2) is 47.2 Å². The number of pyridine rings is 1. The Balaban J connectivity index is 1.50. The number of benzene rings is 2. The van der Waals surface area contributed by atoms with Crippen LogP contribution in [0.5, 0.6) is 11.5 Å². The Morgan fingerprint density at radius 1 is 1.08 bits per heavy atom. The lowest BCUT2D eigenvalue weighted by molar-refractivity contribution is 0.255. The van der Waals surface area contributed by atoms with Gasteiger partial charge in [-0.2, -0.15) is 15.9 Å². The van der Waals surface area contributed by atoms with Crippen LogP contribution in [0.1, 0.15) is 11.3 Å². The van der Waals surface area contributed by atoms with Crippen LogP contribution in [0.2, 0.25) is 10.0 Å². The number of anilines is 2. The number of halogens is 2. The predicted molar refractivity (Wildman–Crippen MR) is 155 cm³/mol. The van der Waals surface area contributed by atoms with Crippen molar-refractivity contribution in [1.29, 1.82) is 5.26 Å². The molecule has 0 spiro atoms. The van der Waals surface area contributed by atoms with Gasteiger partial charge in [-0.1, -0.05) is 23.2 Å². The summed E-state index contributed by atoms with van der Waals surface area (Å²) in [6.45, 7) is 1.76. The summed E-state index contributed by atoms with van der Waals surface area (Å²) in [5.41, 5.74) is 3.59. The van der Waals surface area contributed by atoms with E-state index in [2.05, 4.69) is 21.3 Å². The van der Waals surface area contributed by atoms with Crippen LogP contribution in [-0.2, 0) is 6.54 Å². The van der Waals surface area contributed by atoms with Crippen molar-refractivity contribution >= 4 is 56.1 Å². The monoisotopic (exact) mass is 588 g/mol. The SMILES string of the molecule is COc1cc(Nc2c(C#N)cnc3cc(-c4coc(CN5CCS(O)(O)CC5)c4)c(OC)cc23)c(Cl)cc1Cl. The van der Waals surface area contributed by atoms with E-state index in [1.54, 1.807) is 25.5 Å². The predicted octanol–water partition coefficient (Wildman–Crippen LogP) is 7.00. The fourth-order valence-electron chi connectivity index (χ4n) is 4.50. The summed E-state index contributed by atoms with van der Waals surface area (Å²) in [4.78, 5) is 6.66. The molecule has 4 aromatic rings. The average Bonchev–Trinajstić information content (AvgIpc) is 3.39. The Kier molecular flexibility index (Phi) is 7.82. The number of fused-ring (bicyclic) bond motifs is 1. The third-order valence-electron chi connectivity index (χ3n) is 6.62. The van der Waals surface area contributed by atoms with Gasteiger partial charge in [-0.15, -0.1) is 0 Å². The quantitative estimate of drug-likeness (QED) is 0.209. The number of furan rings is 1. The lowest BCUT2D eigenvalue weighted by atomic mass is 10.0. The maximum Gasteiger partial charge on any atom is 0.139 e. The van der Waals surface area contributed by atoms with Gasteiger partial charge in [0.25, 0.3) is 0 Å². The number of ether oxygens (including phenoxy) is 2. The van der Waals surface area contributed by atoms with Crippen LogP contribution in [0.25, 0.3) is 22.0 Å². The van der Waals surface area contributed by atoms with Crippen molar-refractivity contribution < 1.29 is 23.0 Å². The van der Waals surface area contributed by atoms with Crippen molar-refractivity contribution in [1.82, 2.24) is 9.88 Å². The van der Waals surface area contributed by atoms with Crippen LogP contribution >= 0.6 is 33.8 Å². The molecule has 204 valence electrons. The first-order valence-corrected chi connectivity index (χ1v) is 14.6. The highest BCUT2D eigenvalue weighted by atomic mass is 35.5. The second-order valence-corrected chi connectivity index (χ2v) is 12.3.